The van der Waals surface area contributed by atoms with E-state index in [4.69, 9.17) is 4.74 Å². The van der Waals surface area contributed by atoms with E-state index < -0.39 is 10.8 Å². The Labute approximate surface area is 237 Å². The van der Waals surface area contributed by atoms with E-state index in [0.29, 0.717) is 11.5 Å². The molecule has 2 unspecified atom stereocenters. The summed E-state index contributed by atoms with van der Waals surface area (Å²) in [5, 5.41) is 9.97. The molecule has 0 aromatic carbocycles. The summed E-state index contributed by atoms with van der Waals surface area (Å²) in [6.45, 7) is 16.1. The Hall–Kier alpha value is -1.16. The van der Waals surface area contributed by atoms with E-state index in [-0.39, 0.29) is 42.8 Å². The van der Waals surface area contributed by atoms with Crippen LogP contribution in [0.15, 0.2) is 23.3 Å². The van der Waals surface area contributed by atoms with E-state index in [9.17, 15) is 14.9 Å². The van der Waals surface area contributed by atoms with Crippen molar-refractivity contribution in [2.24, 2.45) is 44.3 Å². The van der Waals surface area contributed by atoms with Crippen LogP contribution in [0.3, 0.4) is 0 Å². The number of methoxy groups -OCH3 is 1. The van der Waals surface area contributed by atoms with Crippen LogP contribution >= 0.6 is 22.6 Å². The van der Waals surface area contributed by atoms with Crippen molar-refractivity contribution in [3.05, 3.63) is 23.3 Å². The van der Waals surface area contributed by atoms with Crippen molar-refractivity contribution in [2.75, 3.05) is 7.11 Å². The first kappa shape index (κ1) is 27.4. The zero-order chi connectivity index (χ0) is 27.4. The maximum Gasteiger partial charge on any atom is 0.312 e. The topological polar surface area (TPSA) is 67.2 Å². The van der Waals surface area contributed by atoms with Gasteiger partial charge in [-0.05, 0) is 79.4 Å². The minimum absolute atomic E-state index is 0.00584. The first-order valence-electron chi connectivity index (χ1n) is 14.2. The molecule has 0 radical (unpaired) electrons. The molecule has 0 spiro atoms. The van der Waals surface area contributed by atoms with Crippen LogP contribution in [0.25, 0.3) is 0 Å². The van der Waals surface area contributed by atoms with Gasteiger partial charge < -0.3 is 4.74 Å². The number of Topliss-reactive ketones (excluding diaryl/α,β-unsaturated/α-hetero) is 1. The highest BCUT2D eigenvalue weighted by atomic mass is 127. The molecule has 0 bridgehead atoms. The van der Waals surface area contributed by atoms with Crippen molar-refractivity contribution in [1.29, 1.82) is 5.26 Å². The molecular weight excluding hydrogens is 573 g/mol. The normalized spacial score (nSPS) is 47.6. The fourth-order valence-corrected chi connectivity index (χ4v) is 11.3. The van der Waals surface area contributed by atoms with Gasteiger partial charge in [-0.2, -0.15) is 5.26 Å². The number of fused-ring (bicyclic) bond motifs is 7. The van der Waals surface area contributed by atoms with Crippen LogP contribution in [0.5, 0.6) is 0 Å². The number of ether oxygens (including phenoxy) is 1. The standard InChI is InChI=1S/C32H44INO3/c1-26(2)11-14-31(25(36)37-8)15-12-28(5)21(22(31)18-26)9-10-23-29(28,6)13-16-32(33)27(3,4)24(35)20(19-34)17-30(23,32)7/h9,17,22-23H,10-16,18H2,1-8H3/t22?,23?,28-,29-,30-,31+,32-/m1/s1. The highest BCUT2D eigenvalue weighted by Gasteiger charge is 2.73. The molecule has 0 aliphatic heterocycles. The second-order valence-corrected chi connectivity index (χ2v) is 16.8. The Morgan fingerprint density at radius 1 is 1.03 bits per heavy atom. The summed E-state index contributed by atoms with van der Waals surface area (Å²) in [4.78, 5) is 26.8. The van der Waals surface area contributed by atoms with Gasteiger partial charge in [0.05, 0.1) is 18.1 Å². The summed E-state index contributed by atoms with van der Waals surface area (Å²) in [7, 11) is 1.56. The second kappa shape index (κ2) is 7.95. The Bertz CT molecular complexity index is 1170. The number of rotatable bonds is 1. The molecule has 0 N–H and O–H groups in total. The fourth-order valence-electron chi connectivity index (χ4n) is 10.2. The van der Waals surface area contributed by atoms with E-state index in [0.717, 1.165) is 51.4 Å². The van der Waals surface area contributed by atoms with Crippen molar-refractivity contribution in [2.45, 2.75) is 103 Å². The predicted molar refractivity (Wildman–Crippen MR) is 154 cm³/mol. The van der Waals surface area contributed by atoms with Crippen LogP contribution in [-0.4, -0.2) is 22.3 Å². The van der Waals surface area contributed by atoms with Crippen molar-refractivity contribution in [3.63, 3.8) is 0 Å². The van der Waals surface area contributed by atoms with Gasteiger partial charge in [-0.1, -0.05) is 88.8 Å². The van der Waals surface area contributed by atoms with E-state index >= 15 is 0 Å². The van der Waals surface area contributed by atoms with Crippen LogP contribution in [0.2, 0.25) is 0 Å². The number of ketones is 1. The van der Waals surface area contributed by atoms with Crippen LogP contribution < -0.4 is 0 Å². The molecule has 5 heteroatoms. The quantitative estimate of drug-likeness (QED) is 0.131. The smallest absolute Gasteiger partial charge is 0.312 e. The summed E-state index contributed by atoms with van der Waals surface area (Å²) < 4.78 is 5.23. The van der Waals surface area contributed by atoms with E-state index in [1.54, 1.807) is 7.11 Å². The lowest BCUT2D eigenvalue weighted by Gasteiger charge is -2.71. The summed E-state index contributed by atoms with van der Waals surface area (Å²) >= 11 is 2.61. The Balaban J connectivity index is 1.68. The second-order valence-electron chi connectivity index (χ2n) is 15.0. The number of alkyl halides is 1. The third-order valence-electron chi connectivity index (χ3n) is 12.9. The molecule has 0 heterocycles. The van der Waals surface area contributed by atoms with Crippen molar-refractivity contribution in [3.8, 4) is 6.07 Å². The molecule has 5 aliphatic rings. The molecule has 0 aromatic rings. The number of allylic oxidation sites excluding steroid dienone is 4. The summed E-state index contributed by atoms with van der Waals surface area (Å²) in [6.07, 6.45) is 12.4. The Morgan fingerprint density at radius 2 is 1.68 bits per heavy atom. The van der Waals surface area contributed by atoms with Gasteiger partial charge in [0.2, 0.25) is 0 Å². The number of halogens is 1. The fraction of sp³-hybridized carbons (Fsp3) is 0.781. The van der Waals surface area contributed by atoms with Crippen molar-refractivity contribution >= 4 is 34.3 Å². The Morgan fingerprint density at radius 3 is 2.30 bits per heavy atom. The number of nitrogens with zero attached hydrogens (tertiary/aromatic N) is 1. The van der Waals surface area contributed by atoms with Gasteiger partial charge >= 0.3 is 5.97 Å². The zero-order valence-corrected chi connectivity index (χ0v) is 26.2. The molecule has 4 nitrogen and oxygen atoms in total. The predicted octanol–water partition coefficient (Wildman–Crippen LogP) is 7.76. The third-order valence-corrected chi connectivity index (χ3v) is 15.9. The summed E-state index contributed by atoms with van der Waals surface area (Å²) in [6, 6.07) is 2.27. The molecule has 0 amide bonds. The first-order valence-corrected chi connectivity index (χ1v) is 15.2. The van der Waals surface area contributed by atoms with Crippen LogP contribution in [-0.2, 0) is 14.3 Å². The minimum atomic E-state index is -0.603. The summed E-state index contributed by atoms with van der Waals surface area (Å²) in [5.41, 5.74) is 0.731. The third kappa shape index (κ3) is 3.11. The number of esters is 1. The van der Waals surface area contributed by atoms with E-state index in [1.807, 2.05) is 0 Å². The molecule has 5 aliphatic carbocycles. The molecule has 202 valence electrons. The first-order chi connectivity index (χ1) is 17.0. The van der Waals surface area contributed by atoms with Crippen molar-refractivity contribution < 1.29 is 14.3 Å². The van der Waals surface area contributed by atoms with Crippen LogP contribution in [0.4, 0.5) is 0 Å². The largest absolute Gasteiger partial charge is 0.469 e. The number of hydrogen-bond donors (Lipinski definition) is 0. The average Bonchev–Trinajstić information content (AvgIpc) is 2.83. The molecule has 7 atom stereocenters. The molecule has 0 aromatic heterocycles. The molecule has 3 saturated carbocycles. The minimum Gasteiger partial charge on any atom is -0.469 e. The molecule has 0 saturated heterocycles. The lowest BCUT2D eigenvalue weighted by Crippen LogP contribution is -2.69. The van der Waals surface area contributed by atoms with Gasteiger partial charge in [0.1, 0.15) is 6.07 Å². The maximum absolute atomic E-state index is 13.4. The maximum atomic E-state index is 13.4. The average molecular weight is 618 g/mol. The van der Waals surface area contributed by atoms with Crippen LogP contribution in [0, 0.1) is 55.7 Å². The number of hydrogen-bond acceptors (Lipinski definition) is 4. The van der Waals surface area contributed by atoms with Gasteiger partial charge in [-0.15, -0.1) is 0 Å². The molecule has 3 fully saturated rings. The van der Waals surface area contributed by atoms with E-state index in [2.05, 4.69) is 89.3 Å². The van der Waals surface area contributed by atoms with Crippen LogP contribution in [0.1, 0.15) is 99.8 Å². The summed E-state index contributed by atoms with van der Waals surface area (Å²) in [5.74, 6) is 0.513. The van der Waals surface area contributed by atoms with Gasteiger partial charge in [0, 0.05) is 14.3 Å². The number of nitriles is 1. The zero-order valence-electron chi connectivity index (χ0n) is 24.0. The molecular formula is C32H44INO3. The van der Waals surface area contributed by atoms with Gasteiger partial charge in [-0.25, -0.2) is 0 Å². The Kier molecular flexibility index (Phi) is 5.89. The lowest BCUT2D eigenvalue weighted by atomic mass is 9.34. The lowest BCUT2D eigenvalue weighted by molar-refractivity contribution is -0.173. The number of carbonyl (C=O) groups is 2. The van der Waals surface area contributed by atoms with Crippen molar-refractivity contribution in [1.82, 2.24) is 0 Å². The van der Waals surface area contributed by atoms with Gasteiger partial charge in [-0.3, -0.25) is 9.59 Å². The number of carbonyl (C=O) groups excluding carboxylic acids is 2. The molecule has 37 heavy (non-hydrogen) atoms. The van der Waals surface area contributed by atoms with E-state index in [1.165, 1.54) is 5.57 Å². The highest BCUT2D eigenvalue weighted by Crippen LogP contribution is 2.77. The van der Waals surface area contributed by atoms with Gasteiger partial charge in [0.25, 0.3) is 0 Å². The van der Waals surface area contributed by atoms with Gasteiger partial charge in [0.15, 0.2) is 5.78 Å². The monoisotopic (exact) mass is 617 g/mol. The SMILES string of the molecule is COC(=O)[C@]12CCC(C)(C)CC1C1=CCC3[C@@]4(C)C=C(C#N)C(=O)C(C)(C)[C@]4(I)CC[C@@]3(C)[C@]1(C)CC2. The molecule has 5 rings (SSSR count). The highest BCUT2D eigenvalue weighted by molar-refractivity contribution is 14.1.